The first-order valence-electron chi connectivity index (χ1n) is 9.27. The lowest BCUT2D eigenvalue weighted by molar-refractivity contribution is -0.117. The predicted molar refractivity (Wildman–Crippen MR) is 109 cm³/mol. The topological polar surface area (TPSA) is 119 Å². The molecular weight excluding hydrogens is 420 g/mol. The van der Waals surface area contributed by atoms with Gasteiger partial charge in [0.2, 0.25) is 5.91 Å². The molecule has 1 amide bonds. The van der Waals surface area contributed by atoms with Gasteiger partial charge in [-0.15, -0.1) is 11.3 Å². The molecule has 0 aliphatic carbocycles. The summed E-state index contributed by atoms with van der Waals surface area (Å²) in [5.41, 5.74) is 0.511. The highest BCUT2D eigenvalue weighted by Crippen LogP contribution is 2.34. The molecule has 29 heavy (non-hydrogen) atoms. The van der Waals surface area contributed by atoms with Crippen molar-refractivity contribution in [3.63, 3.8) is 0 Å². The minimum Gasteiger partial charge on any atom is -0.462 e. The van der Waals surface area contributed by atoms with Crippen LogP contribution in [-0.4, -0.2) is 75.5 Å². The van der Waals surface area contributed by atoms with Crippen molar-refractivity contribution in [2.45, 2.75) is 33.2 Å². The van der Waals surface area contributed by atoms with Gasteiger partial charge in [0.25, 0.3) is 0 Å². The fourth-order valence-electron chi connectivity index (χ4n) is 3.09. The molecule has 0 aromatic carbocycles. The van der Waals surface area contributed by atoms with Gasteiger partial charge in [-0.25, -0.2) is 18.0 Å². The lowest BCUT2D eigenvalue weighted by Gasteiger charge is -2.22. The zero-order valence-corrected chi connectivity index (χ0v) is 18.6. The Morgan fingerprint density at radius 1 is 1.17 bits per heavy atom. The molecular formula is C18H26N2O7S2. The minimum atomic E-state index is -3.06. The lowest BCUT2D eigenvalue weighted by atomic mass is 10.1. The van der Waals surface area contributed by atoms with Crippen LogP contribution in [0.5, 0.6) is 0 Å². The third kappa shape index (κ3) is 5.77. The van der Waals surface area contributed by atoms with Crippen molar-refractivity contribution in [1.82, 2.24) is 4.90 Å². The number of hydrogen-bond acceptors (Lipinski definition) is 9. The highest BCUT2D eigenvalue weighted by Gasteiger charge is 2.32. The second-order valence-electron chi connectivity index (χ2n) is 6.72. The summed E-state index contributed by atoms with van der Waals surface area (Å²) in [5.74, 6) is -1.49. The molecule has 1 saturated heterocycles. The minimum absolute atomic E-state index is 0.0238. The van der Waals surface area contributed by atoms with Gasteiger partial charge in [-0.3, -0.25) is 9.69 Å². The molecule has 162 valence electrons. The maximum atomic E-state index is 12.5. The molecule has 11 heteroatoms. The number of ether oxygens (including phenoxy) is 2. The lowest BCUT2D eigenvalue weighted by Crippen LogP contribution is -2.38. The fourth-order valence-corrected chi connectivity index (χ4v) is 6.00. The van der Waals surface area contributed by atoms with E-state index in [1.54, 1.807) is 32.7 Å². The number of carbonyl (C=O) groups excluding carboxylic acids is 3. The van der Waals surface area contributed by atoms with Gasteiger partial charge in [0.1, 0.15) is 9.88 Å². The predicted octanol–water partition coefficient (Wildman–Crippen LogP) is 1.47. The molecule has 0 saturated carbocycles. The summed E-state index contributed by atoms with van der Waals surface area (Å²) < 4.78 is 33.4. The quantitative estimate of drug-likeness (QED) is 0.596. The van der Waals surface area contributed by atoms with Crippen molar-refractivity contribution in [3.05, 3.63) is 16.0 Å². The largest absolute Gasteiger partial charge is 0.462 e. The van der Waals surface area contributed by atoms with Gasteiger partial charge < -0.3 is 14.8 Å². The van der Waals surface area contributed by atoms with Crippen LogP contribution in [0.2, 0.25) is 0 Å². The van der Waals surface area contributed by atoms with Crippen molar-refractivity contribution in [2.75, 3.05) is 43.6 Å². The molecule has 1 atom stereocenters. The Morgan fingerprint density at radius 3 is 2.34 bits per heavy atom. The van der Waals surface area contributed by atoms with E-state index in [2.05, 4.69) is 5.32 Å². The molecule has 1 N–H and O–H groups in total. The average molecular weight is 447 g/mol. The number of likely N-dealkylation sites (N-methyl/N-ethyl adjacent to an activating group) is 1. The number of hydrogen-bond donors (Lipinski definition) is 1. The third-order valence-corrected chi connectivity index (χ3v) is 7.50. The van der Waals surface area contributed by atoms with Crippen molar-refractivity contribution in [2.24, 2.45) is 0 Å². The van der Waals surface area contributed by atoms with Gasteiger partial charge >= 0.3 is 11.9 Å². The molecule has 1 fully saturated rings. The highest BCUT2D eigenvalue weighted by atomic mass is 32.2. The Hall–Kier alpha value is -1.98. The number of thiophene rings is 1. The maximum absolute atomic E-state index is 12.5. The zero-order valence-electron chi connectivity index (χ0n) is 16.9. The van der Waals surface area contributed by atoms with Crippen LogP contribution in [0.3, 0.4) is 0 Å². The number of esters is 2. The van der Waals surface area contributed by atoms with Gasteiger partial charge in [-0.05, 0) is 39.8 Å². The Kier molecular flexibility index (Phi) is 7.78. The zero-order chi connectivity index (χ0) is 21.8. The van der Waals surface area contributed by atoms with E-state index in [1.807, 2.05) is 0 Å². The van der Waals surface area contributed by atoms with E-state index in [0.29, 0.717) is 12.0 Å². The van der Waals surface area contributed by atoms with Crippen LogP contribution in [0, 0.1) is 6.92 Å². The molecule has 9 nitrogen and oxygen atoms in total. The molecule has 0 radical (unpaired) electrons. The van der Waals surface area contributed by atoms with Gasteiger partial charge in [-0.2, -0.15) is 0 Å². The number of anilines is 1. The Labute approximate surface area is 174 Å². The molecule has 1 aliphatic rings. The van der Waals surface area contributed by atoms with Crippen LogP contribution >= 0.6 is 11.3 Å². The smallest absolute Gasteiger partial charge is 0.348 e. The first kappa shape index (κ1) is 23.3. The van der Waals surface area contributed by atoms with Crippen molar-refractivity contribution >= 4 is 44.0 Å². The van der Waals surface area contributed by atoms with Crippen LogP contribution in [0.15, 0.2) is 0 Å². The van der Waals surface area contributed by atoms with E-state index in [0.717, 1.165) is 11.3 Å². The number of sulfone groups is 1. The number of amides is 1. The molecule has 1 aromatic heterocycles. The number of nitrogens with zero attached hydrogens (tertiary/aromatic N) is 1. The van der Waals surface area contributed by atoms with Gasteiger partial charge in [0, 0.05) is 6.04 Å². The normalized spacial score (nSPS) is 17.9. The van der Waals surface area contributed by atoms with Crippen molar-refractivity contribution in [3.8, 4) is 0 Å². The Bertz CT molecular complexity index is 892. The Balaban J connectivity index is 2.19. The molecule has 0 spiro atoms. The van der Waals surface area contributed by atoms with Crippen LogP contribution in [0.1, 0.15) is 45.9 Å². The first-order valence-corrected chi connectivity index (χ1v) is 11.9. The first-order chi connectivity index (χ1) is 13.6. The standard InChI is InChI=1S/C18H26N2O7S2/c1-5-26-17(22)14-11(3)15(18(23)27-6-2)28-16(14)19-13(21)9-20(4)12-7-8-29(24,25)10-12/h12H,5-10H2,1-4H3,(H,19,21)/t12-/m0/s1. The third-order valence-electron chi connectivity index (χ3n) is 4.56. The van der Waals surface area contributed by atoms with E-state index in [1.165, 1.54) is 0 Å². The molecule has 1 aromatic rings. The molecule has 1 aliphatic heterocycles. The maximum Gasteiger partial charge on any atom is 0.348 e. The SMILES string of the molecule is CCOC(=O)c1sc(NC(=O)CN(C)[C@H]2CCS(=O)(=O)C2)c(C(=O)OCC)c1C. The van der Waals surface area contributed by atoms with Crippen molar-refractivity contribution < 1.29 is 32.3 Å². The molecule has 2 heterocycles. The summed E-state index contributed by atoms with van der Waals surface area (Å²) in [5, 5.41) is 2.87. The van der Waals surface area contributed by atoms with Crippen LogP contribution < -0.4 is 5.32 Å². The molecule has 0 bridgehead atoms. The number of rotatable bonds is 8. The monoisotopic (exact) mass is 446 g/mol. The van der Waals surface area contributed by atoms with E-state index >= 15 is 0 Å². The summed E-state index contributed by atoms with van der Waals surface area (Å²) in [6, 6.07) is -0.226. The van der Waals surface area contributed by atoms with Crippen LogP contribution in [0.4, 0.5) is 5.00 Å². The van der Waals surface area contributed by atoms with E-state index in [4.69, 9.17) is 9.47 Å². The fraction of sp³-hybridized carbons (Fsp3) is 0.611. The van der Waals surface area contributed by atoms with Crippen LogP contribution in [-0.2, 0) is 24.1 Å². The Morgan fingerprint density at radius 2 is 1.79 bits per heavy atom. The summed E-state index contributed by atoms with van der Waals surface area (Å²) in [6.45, 7) is 5.22. The van der Waals surface area contributed by atoms with E-state index in [9.17, 15) is 22.8 Å². The average Bonchev–Trinajstić information content (AvgIpc) is 3.14. The second kappa shape index (κ2) is 9.68. The summed E-state index contributed by atoms with van der Waals surface area (Å²) in [6.07, 6.45) is 0.477. The number of carbonyl (C=O) groups is 3. The van der Waals surface area contributed by atoms with Gasteiger partial charge in [-0.1, -0.05) is 0 Å². The summed E-state index contributed by atoms with van der Waals surface area (Å²) >= 11 is 0.954. The number of nitrogens with one attached hydrogen (secondary N) is 1. The summed E-state index contributed by atoms with van der Waals surface area (Å²) in [7, 11) is -1.38. The second-order valence-corrected chi connectivity index (χ2v) is 9.97. The van der Waals surface area contributed by atoms with E-state index in [-0.39, 0.29) is 52.7 Å². The highest BCUT2D eigenvalue weighted by molar-refractivity contribution is 7.91. The molecule has 2 rings (SSSR count). The summed E-state index contributed by atoms with van der Waals surface area (Å²) in [4.78, 5) is 39.0. The van der Waals surface area contributed by atoms with Crippen molar-refractivity contribution in [1.29, 1.82) is 0 Å². The molecule has 0 unspecified atom stereocenters. The van der Waals surface area contributed by atoms with Crippen LogP contribution in [0.25, 0.3) is 0 Å². The van der Waals surface area contributed by atoms with E-state index < -0.39 is 27.7 Å². The van der Waals surface area contributed by atoms with Gasteiger partial charge in [0.15, 0.2) is 9.84 Å². The van der Waals surface area contributed by atoms with Gasteiger partial charge in [0.05, 0.1) is 36.8 Å².